The first-order chi connectivity index (χ1) is 5.93. The minimum atomic E-state index is 0. The van der Waals surface area contributed by atoms with Crippen molar-refractivity contribution in [2.45, 2.75) is 35.1 Å². The molecule has 0 aliphatic heterocycles. The second-order valence-electron chi connectivity index (χ2n) is 4.61. The molecule has 0 bridgehead atoms. The van der Waals surface area contributed by atoms with Crippen molar-refractivity contribution < 1.29 is 0 Å². The van der Waals surface area contributed by atoms with Crippen molar-refractivity contribution in [1.82, 2.24) is 0 Å². The van der Waals surface area contributed by atoms with Crippen molar-refractivity contribution in [3.05, 3.63) is 42.5 Å². The Balaban J connectivity index is 0. The predicted octanol–water partition coefficient (Wildman–Crippen LogP) is 5.02. The lowest BCUT2D eigenvalue weighted by Crippen LogP contribution is -1.93. The molecule has 0 heterocycles. The molecule has 0 aromatic heterocycles. The highest BCUT2D eigenvalue weighted by Crippen LogP contribution is 2.08. The molecule has 0 radical (unpaired) electrons. The lowest BCUT2D eigenvalue weighted by molar-refractivity contribution is 0.469. The minimum absolute atomic E-state index is 0. The first-order valence-corrected chi connectivity index (χ1v) is 4.61. The van der Waals surface area contributed by atoms with E-state index in [1.165, 1.54) is 5.56 Å². The smallest absolute Gasteiger partial charge is 0.0263 e. The molecule has 0 aliphatic carbocycles. The summed E-state index contributed by atoms with van der Waals surface area (Å²) in [5, 5.41) is 0. The van der Waals surface area contributed by atoms with Crippen molar-refractivity contribution in [2.75, 3.05) is 0 Å². The van der Waals surface area contributed by atoms with E-state index in [1.807, 2.05) is 36.4 Å². The summed E-state index contributed by atoms with van der Waals surface area (Å²) in [7, 11) is 0. The molecule has 1 aromatic rings. The van der Waals surface area contributed by atoms with E-state index < -0.39 is 0 Å². The maximum atomic E-state index is 3.63. The van der Waals surface area contributed by atoms with E-state index >= 15 is 0 Å². The molecule has 1 rings (SSSR count). The molecule has 0 heteroatoms. The molecule has 1 aromatic carbocycles. The summed E-state index contributed by atoms with van der Waals surface area (Å²) < 4.78 is 0. The molecule has 0 amide bonds. The first kappa shape index (κ1) is 15.4. The summed E-state index contributed by atoms with van der Waals surface area (Å²) in [5.74, 6) is 0. The Morgan fingerprint density at radius 1 is 1.00 bits per heavy atom. The quantitative estimate of drug-likeness (QED) is 0.586. The molecule has 0 aliphatic rings. The fourth-order valence-electron chi connectivity index (χ4n) is 0.589. The summed E-state index contributed by atoms with van der Waals surface area (Å²) >= 11 is 0. The van der Waals surface area contributed by atoms with Gasteiger partial charge in [-0.2, -0.15) is 0 Å². The van der Waals surface area contributed by atoms with Gasteiger partial charge in [-0.15, -0.1) is 0 Å². The molecule has 0 atom stereocenters. The van der Waals surface area contributed by atoms with E-state index in [0.29, 0.717) is 5.41 Å². The molecule has 0 unspecified atom stereocenters. The lowest BCUT2D eigenvalue weighted by atomic mass is 10.0. The van der Waals surface area contributed by atoms with Gasteiger partial charge in [0.25, 0.3) is 0 Å². The Bertz CT molecular complexity index is 220. The molecule has 0 N–H and O–H groups in total. The van der Waals surface area contributed by atoms with Crippen LogP contribution in [0.2, 0.25) is 0 Å². The van der Waals surface area contributed by atoms with Gasteiger partial charge in [0.1, 0.15) is 0 Å². The predicted molar refractivity (Wildman–Crippen MR) is 68.4 cm³/mol. The van der Waals surface area contributed by atoms with Gasteiger partial charge in [0.2, 0.25) is 0 Å². The van der Waals surface area contributed by atoms with Crippen LogP contribution in [0.3, 0.4) is 0 Å². The minimum Gasteiger partial charge on any atom is -0.0985 e. The van der Waals surface area contributed by atoms with Crippen LogP contribution in [0, 0.1) is 5.41 Å². The second kappa shape index (κ2) is 7.37. The van der Waals surface area contributed by atoms with Gasteiger partial charge in [-0.1, -0.05) is 78.1 Å². The van der Waals surface area contributed by atoms with Crippen molar-refractivity contribution in [1.29, 1.82) is 0 Å². The van der Waals surface area contributed by atoms with Crippen LogP contribution < -0.4 is 0 Å². The van der Waals surface area contributed by atoms with Gasteiger partial charge in [-0.3, -0.25) is 0 Å². The summed E-state index contributed by atoms with van der Waals surface area (Å²) in [6.07, 6.45) is 1.83. The average Bonchev–Trinajstić information content (AvgIpc) is 2.03. The first-order valence-electron chi connectivity index (χ1n) is 4.61. The van der Waals surface area contributed by atoms with Crippen LogP contribution in [0.1, 0.15) is 40.7 Å². The van der Waals surface area contributed by atoms with Crippen LogP contribution in [-0.4, -0.2) is 0 Å². The van der Waals surface area contributed by atoms with E-state index in [-0.39, 0.29) is 7.43 Å². The van der Waals surface area contributed by atoms with Crippen LogP contribution in [0.5, 0.6) is 0 Å². The zero-order chi connectivity index (χ0) is 10.3. The molecular formula is C14H24. The lowest BCUT2D eigenvalue weighted by Gasteiger charge is -2.05. The topological polar surface area (TPSA) is 0 Å². The van der Waals surface area contributed by atoms with E-state index in [0.717, 1.165) is 0 Å². The van der Waals surface area contributed by atoms with Crippen LogP contribution in [0.25, 0.3) is 6.08 Å². The second-order valence-corrected chi connectivity index (χ2v) is 4.61. The largest absolute Gasteiger partial charge is 0.0985 e. The molecule has 0 saturated carbocycles. The fourth-order valence-corrected chi connectivity index (χ4v) is 0.589. The van der Waals surface area contributed by atoms with E-state index in [1.54, 1.807) is 0 Å². The Kier molecular flexibility index (Phi) is 8.13. The number of rotatable bonds is 1. The SMILES string of the molecule is C.C=Cc1ccccc1.CC(C)(C)C. The van der Waals surface area contributed by atoms with Crippen LogP contribution >= 0.6 is 0 Å². The normalized spacial score (nSPS) is 9.14. The summed E-state index contributed by atoms with van der Waals surface area (Å²) in [6, 6.07) is 10.0. The van der Waals surface area contributed by atoms with Gasteiger partial charge in [0.05, 0.1) is 0 Å². The summed E-state index contributed by atoms with van der Waals surface area (Å²) in [5.41, 5.74) is 1.67. The van der Waals surface area contributed by atoms with E-state index in [9.17, 15) is 0 Å². The Labute approximate surface area is 89.7 Å². The van der Waals surface area contributed by atoms with Crippen LogP contribution in [0.4, 0.5) is 0 Å². The zero-order valence-electron chi connectivity index (χ0n) is 9.17. The number of hydrogen-bond donors (Lipinski definition) is 0. The number of benzene rings is 1. The van der Waals surface area contributed by atoms with Crippen molar-refractivity contribution in [3.8, 4) is 0 Å². The molecule has 0 fully saturated rings. The third-order valence-corrected chi connectivity index (χ3v) is 1.04. The number of hydrogen-bond acceptors (Lipinski definition) is 0. The maximum Gasteiger partial charge on any atom is -0.0263 e. The standard InChI is InChI=1S/C8H8.C5H12.CH4/c1-2-8-6-4-3-5-7-8;1-5(2,3)4;/h2-7H,1H2;1-4H3;1H4. The molecule has 80 valence electrons. The van der Waals surface area contributed by atoms with Crippen molar-refractivity contribution in [2.24, 2.45) is 5.41 Å². The van der Waals surface area contributed by atoms with Gasteiger partial charge in [0.15, 0.2) is 0 Å². The molecule has 0 spiro atoms. The summed E-state index contributed by atoms with van der Waals surface area (Å²) in [6.45, 7) is 12.4. The van der Waals surface area contributed by atoms with Gasteiger partial charge in [-0.05, 0) is 11.0 Å². The Morgan fingerprint density at radius 3 is 1.57 bits per heavy atom. The fraction of sp³-hybridized carbons (Fsp3) is 0.429. The highest BCUT2D eigenvalue weighted by atomic mass is 14.0. The molecule has 14 heavy (non-hydrogen) atoms. The molecule has 0 nitrogen and oxygen atoms in total. The molecular weight excluding hydrogens is 168 g/mol. The van der Waals surface area contributed by atoms with E-state index in [2.05, 4.69) is 34.3 Å². The van der Waals surface area contributed by atoms with E-state index in [4.69, 9.17) is 0 Å². The maximum absolute atomic E-state index is 3.63. The zero-order valence-corrected chi connectivity index (χ0v) is 9.17. The summed E-state index contributed by atoms with van der Waals surface area (Å²) in [4.78, 5) is 0. The van der Waals surface area contributed by atoms with Gasteiger partial charge >= 0.3 is 0 Å². The van der Waals surface area contributed by atoms with Crippen molar-refractivity contribution in [3.63, 3.8) is 0 Å². The van der Waals surface area contributed by atoms with Gasteiger partial charge in [-0.25, -0.2) is 0 Å². The Morgan fingerprint density at radius 2 is 1.36 bits per heavy atom. The third-order valence-electron chi connectivity index (χ3n) is 1.04. The van der Waals surface area contributed by atoms with Crippen LogP contribution in [0.15, 0.2) is 36.9 Å². The van der Waals surface area contributed by atoms with Crippen LogP contribution in [-0.2, 0) is 0 Å². The Hall–Kier alpha value is -1.04. The highest BCUT2D eigenvalue weighted by Gasteiger charge is 1.95. The monoisotopic (exact) mass is 192 g/mol. The third kappa shape index (κ3) is 13.5. The van der Waals surface area contributed by atoms with Gasteiger partial charge in [0, 0.05) is 0 Å². The van der Waals surface area contributed by atoms with Gasteiger partial charge < -0.3 is 0 Å². The highest BCUT2D eigenvalue weighted by molar-refractivity contribution is 5.45. The van der Waals surface area contributed by atoms with Crippen molar-refractivity contribution >= 4 is 6.08 Å². The average molecular weight is 192 g/mol. The molecule has 0 saturated heterocycles.